The van der Waals surface area contributed by atoms with E-state index in [0.29, 0.717) is 17.9 Å². The van der Waals surface area contributed by atoms with Crippen LogP contribution in [0.4, 0.5) is 0 Å². The lowest BCUT2D eigenvalue weighted by Gasteiger charge is -2.48. The van der Waals surface area contributed by atoms with Crippen molar-refractivity contribution in [3.63, 3.8) is 0 Å². The standard InChI is InChI=1S/C17H30N2O/c1-13(2)17(9-10-18-12-17)16(20)19-11-5-7-14-6-3-4-8-15(14)19/h13-15,18H,3-12H2,1-2H3/t14-,15-,17?/m1/s1. The van der Waals surface area contributed by atoms with Gasteiger partial charge in [0.25, 0.3) is 0 Å². The van der Waals surface area contributed by atoms with Crippen LogP contribution in [0, 0.1) is 17.3 Å². The molecule has 3 aliphatic rings. The minimum Gasteiger partial charge on any atom is -0.339 e. The first-order valence-corrected chi connectivity index (χ1v) is 8.67. The third-order valence-electron chi connectivity index (χ3n) is 6.22. The van der Waals surface area contributed by atoms with Gasteiger partial charge in [-0.25, -0.2) is 0 Å². The van der Waals surface area contributed by atoms with Gasteiger partial charge in [0.05, 0.1) is 5.41 Å². The Balaban J connectivity index is 1.81. The van der Waals surface area contributed by atoms with Gasteiger partial charge in [-0.15, -0.1) is 0 Å². The molecule has 1 unspecified atom stereocenters. The summed E-state index contributed by atoms with van der Waals surface area (Å²) < 4.78 is 0. The number of carbonyl (C=O) groups excluding carboxylic acids is 1. The highest BCUT2D eigenvalue weighted by Crippen LogP contribution is 2.41. The Labute approximate surface area is 123 Å². The van der Waals surface area contributed by atoms with E-state index in [2.05, 4.69) is 24.1 Å². The summed E-state index contributed by atoms with van der Waals surface area (Å²) in [7, 11) is 0. The number of likely N-dealkylation sites (tertiary alicyclic amines) is 1. The van der Waals surface area contributed by atoms with Crippen LogP contribution < -0.4 is 5.32 Å². The fraction of sp³-hybridized carbons (Fsp3) is 0.941. The van der Waals surface area contributed by atoms with Crippen LogP contribution >= 0.6 is 0 Å². The number of hydrogen-bond acceptors (Lipinski definition) is 2. The van der Waals surface area contributed by atoms with E-state index in [-0.39, 0.29) is 5.41 Å². The largest absolute Gasteiger partial charge is 0.339 e. The normalized spacial score (nSPS) is 38.0. The molecule has 0 aromatic carbocycles. The van der Waals surface area contributed by atoms with Gasteiger partial charge in [-0.1, -0.05) is 26.7 Å². The van der Waals surface area contributed by atoms with Crippen LogP contribution in [0.15, 0.2) is 0 Å². The number of carbonyl (C=O) groups is 1. The van der Waals surface area contributed by atoms with Gasteiger partial charge in [0.1, 0.15) is 0 Å². The average molecular weight is 278 g/mol. The van der Waals surface area contributed by atoms with Gasteiger partial charge in [0.15, 0.2) is 0 Å². The maximum Gasteiger partial charge on any atom is 0.230 e. The molecule has 2 saturated heterocycles. The molecule has 0 bridgehead atoms. The molecule has 3 atom stereocenters. The van der Waals surface area contributed by atoms with Crippen molar-refractivity contribution in [1.29, 1.82) is 0 Å². The van der Waals surface area contributed by atoms with Crippen molar-refractivity contribution in [2.45, 2.75) is 64.8 Å². The number of rotatable bonds is 2. The van der Waals surface area contributed by atoms with E-state index < -0.39 is 0 Å². The summed E-state index contributed by atoms with van der Waals surface area (Å²) in [5, 5.41) is 3.44. The van der Waals surface area contributed by atoms with Crippen LogP contribution in [0.1, 0.15) is 58.8 Å². The maximum absolute atomic E-state index is 13.3. The molecule has 0 aromatic rings. The highest BCUT2D eigenvalue weighted by molar-refractivity contribution is 5.84. The molecule has 1 amide bonds. The second-order valence-electron chi connectivity index (χ2n) is 7.49. The Morgan fingerprint density at radius 1 is 1.20 bits per heavy atom. The molecule has 3 rings (SSSR count). The fourth-order valence-electron chi connectivity index (χ4n) is 4.80. The second kappa shape index (κ2) is 5.67. The SMILES string of the molecule is CC(C)C1(C(=O)N2CCC[C@H]3CCCC[C@H]32)CCNC1. The molecule has 0 spiro atoms. The van der Waals surface area contributed by atoms with Gasteiger partial charge >= 0.3 is 0 Å². The third-order valence-corrected chi connectivity index (χ3v) is 6.22. The summed E-state index contributed by atoms with van der Waals surface area (Å²) in [6.45, 7) is 7.36. The molecule has 0 radical (unpaired) electrons. The minimum absolute atomic E-state index is 0.126. The average Bonchev–Trinajstić information content (AvgIpc) is 2.97. The molecular formula is C17H30N2O. The van der Waals surface area contributed by atoms with Crippen LogP contribution in [0.25, 0.3) is 0 Å². The third kappa shape index (κ3) is 2.28. The molecule has 3 fully saturated rings. The van der Waals surface area contributed by atoms with Crippen LogP contribution in [0.2, 0.25) is 0 Å². The lowest BCUT2D eigenvalue weighted by atomic mass is 9.72. The number of piperidine rings is 1. The van der Waals surface area contributed by atoms with Crippen molar-refractivity contribution < 1.29 is 4.79 Å². The summed E-state index contributed by atoms with van der Waals surface area (Å²) in [5.41, 5.74) is -0.126. The molecule has 3 heteroatoms. The van der Waals surface area contributed by atoms with Gasteiger partial charge in [0.2, 0.25) is 5.91 Å². The number of fused-ring (bicyclic) bond motifs is 1. The first-order valence-electron chi connectivity index (χ1n) is 8.67. The summed E-state index contributed by atoms with van der Waals surface area (Å²) >= 11 is 0. The topological polar surface area (TPSA) is 32.3 Å². The molecule has 3 nitrogen and oxygen atoms in total. The van der Waals surface area contributed by atoms with E-state index in [4.69, 9.17) is 0 Å². The molecule has 20 heavy (non-hydrogen) atoms. The molecule has 1 aliphatic carbocycles. The molecule has 0 aromatic heterocycles. The summed E-state index contributed by atoms with van der Waals surface area (Å²) in [6, 6.07) is 0.557. The molecule has 2 heterocycles. The highest BCUT2D eigenvalue weighted by Gasteiger charge is 2.48. The Hall–Kier alpha value is -0.570. The second-order valence-corrected chi connectivity index (χ2v) is 7.49. The zero-order chi connectivity index (χ0) is 14.2. The van der Waals surface area contributed by atoms with Crippen molar-refractivity contribution in [2.75, 3.05) is 19.6 Å². The molecule has 1 N–H and O–H groups in total. The summed E-state index contributed by atoms with van der Waals surface area (Å²) in [5.74, 6) is 1.70. The zero-order valence-electron chi connectivity index (χ0n) is 13.2. The molecule has 2 aliphatic heterocycles. The van der Waals surface area contributed by atoms with E-state index in [1.54, 1.807) is 0 Å². The Morgan fingerprint density at radius 2 is 1.95 bits per heavy atom. The van der Waals surface area contributed by atoms with Crippen LogP contribution in [0.3, 0.4) is 0 Å². The van der Waals surface area contributed by atoms with Crippen molar-refractivity contribution in [1.82, 2.24) is 10.2 Å². The van der Waals surface area contributed by atoms with Crippen molar-refractivity contribution in [2.24, 2.45) is 17.3 Å². The lowest BCUT2D eigenvalue weighted by molar-refractivity contribution is -0.150. The molecule has 114 valence electrons. The Morgan fingerprint density at radius 3 is 2.65 bits per heavy atom. The van der Waals surface area contributed by atoms with E-state index >= 15 is 0 Å². The van der Waals surface area contributed by atoms with Gasteiger partial charge in [0, 0.05) is 19.1 Å². The summed E-state index contributed by atoms with van der Waals surface area (Å²) in [6.07, 6.45) is 8.88. The predicted molar refractivity (Wildman–Crippen MR) is 81.5 cm³/mol. The van der Waals surface area contributed by atoms with Gasteiger partial charge in [-0.2, -0.15) is 0 Å². The minimum atomic E-state index is -0.126. The van der Waals surface area contributed by atoms with Crippen molar-refractivity contribution >= 4 is 5.91 Å². The van der Waals surface area contributed by atoms with Crippen molar-refractivity contribution in [3.8, 4) is 0 Å². The van der Waals surface area contributed by atoms with Crippen LogP contribution in [-0.4, -0.2) is 36.5 Å². The number of hydrogen-bond donors (Lipinski definition) is 1. The zero-order valence-corrected chi connectivity index (χ0v) is 13.2. The summed E-state index contributed by atoms with van der Waals surface area (Å²) in [4.78, 5) is 15.6. The number of nitrogens with one attached hydrogen (secondary N) is 1. The van der Waals surface area contributed by atoms with Gasteiger partial charge in [-0.05, 0) is 50.5 Å². The Kier molecular flexibility index (Phi) is 4.07. The van der Waals surface area contributed by atoms with Crippen molar-refractivity contribution in [3.05, 3.63) is 0 Å². The first kappa shape index (κ1) is 14.4. The molecular weight excluding hydrogens is 248 g/mol. The van der Waals surface area contributed by atoms with E-state index in [0.717, 1.165) is 32.0 Å². The first-order chi connectivity index (χ1) is 9.65. The van der Waals surface area contributed by atoms with Crippen LogP contribution in [-0.2, 0) is 4.79 Å². The Bertz CT molecular complexity index is 358. The fourth-order valence-corrected chi connectivity index (χ4v) is 4.80. The maximum atomic E-state index is 13.3. The van der Waals surface area contributed by atoms with E-state index in [1.165, 1.54) is 38.5 Å². The molecule has 1 saturated carbocycles. The monoisotopic (exact) mass is 278 g/mol. The highest BCUT2D eigenvalue weighted by atomic mass is 16.2. The number of nitrogens with zero attached hydrogens (tertiary/aromatic N) is 1. The smallest absolute Gasteiger partial charge is 0.230 e. The van der Waals surface area contributed by atoms with Crippen LogP contribution in [0.5, 0.6) is 0 Å². The van der Waals surface area contributed by atoms with Gasteiger partial charge < -0.3 is 10.2 Å². The van der Waals surface area contributed by atoms with E-state index in [1.807, 2.05) is 0 Å². The predicted octanol–water partition coefficient (Wildman–Crippen LogP) is 2.80. The van der Waals surface area contributed by atoms with Gasteiger partial charge in [-0.3, -0.25) is 4.79 Å². The number of amides is 1. The lowest BCUT2D eigenvalue weighted by Crippen LogP contribution is -2.56. The quantitative estimate of drug-likeness (QED) is 0.842. The van der Waals surface area contributed by atoms with E-state index in [9.17, 15) is 4.79 Å².